The third-order valence-corrected chi connectivity index (χ3v) is 6.08. The van der Waals surface area contributed by atoms with Crippen molar-refractivity contribution in [2.75, 3.05) is 11.4 Å². The first-order valence-corrected chi connectivity index (χ1v) is 9.41. The van der Waals surface area contributed by atoms with E-state index in [9.17, 15) is 8.42 Å². The lowest BCUT2D eigenvalue weighted by Crippen LogP contribution is -2.26. The van der Waals surface area contributed by atoms with E-state index >= 15 is 0 Å². The van der Waals surface area contributed by atoms with Gasteiger partial charge < -0.3 is 0 Å². The molecule has 3 rings (SSSR count). The minimum atomic E-state index is -3.58. The van der Waals surface area contributed by atoms with Crippen molar-refractivity contribution in [3.8, 4) is 0 Å². The number of anilines is 1. The summed E-state index contributed by atoms with van der Waals surface area (Å²) < 4.78 is 27.2. The Labute approximate surface area is 143 Å². The molecule has 0 aliphatic carbocycles. The minimum absolute atomic E-state index is 0.302. The number of hydrogen-bond acceptors (Lipinski definition) is 2. The van der Waals surface area contributed by atoms with Crippen LogP contribution in [-0.2, 0) is 10.0 Å². The summed E-state index contributed by atoms with van der Waals surface area (Å²) in [7, 11) is -1.99. The van der Waals surface area contributed by atoms with Crippen molar-refractivity contribution in [2.45, 2.75) is 24.7 Å². The second-order valence-electron chi connectivity index (χ2n) is 6.23. The van der Waals surface area contributed by atoms with Gasteiger partial charge in [0.2, 0.25) is 0 Å². The van der Waals surface area contributed by atoms with E-state index in [2.05, 4.69) is 13.8 Å². The third kappa shape index (κ3) is 3.02. The van der Waals surface area contributed by atoms with E-state index < -0.39 is 10.0 Å². The van der Waals surface area contributed by atoms with Crippen molar-refractivity contribution in [2.24, 2.45) is 0 Å². The number of sulfonamides is 1. The molecule has 0 aliphatic heterocycles. The van der Waals surface area contributed by atoms with Gasteiger partial charge in [-0.3, -0.25) is 4.31 Å². The van der Waals surface area contributed by atoms with Gasteiger partial charge in [-0.15, -0.1) is 0 Å². The van der Waals surface area contributed by atoms with Crippen LogP contribution in [0.4, 0.5) is 5.69 Å². The molecule has 0 unspecified atom stereocenters. The fourth-order valence-electron chi connectivity index (χ4n) is 2.69. The molecule has 124 valence electrons. The Hall–Kier alpha value is -2.33. The van der Waals surface area contributed by atoms with Crippen molar-refractivity contribution < 1.29 is 8.42 Å². The van der Waals surface area contributed by atoms with Crippen molar-refractivity contribution in [3.05, 3.63) is 72.3 Å². The molecule has 0 atom stereocenters. The van der Waals surface area contributed by atoms with Gasteiger partial charge in [0.25, 0.3) is 10.0 Å². The summed E-state index contributed by atoms with van der Waals surface area (Å²) >= 11 is 0. The smallest absolute Gasteiger partial charge is 0.264 e. The molecule has 0 amide bonds. The van der Waals surface area contributed by atoms with Crippen LogP contribution in [0.1, 0.15) is 25.3 Å². The zero-order valence-electron chi connectivity index (χ0n) is 14.1. The van der Waals surface area contributed by atoms with Crippen LogP contribution >= 0.6 is 0 Å². The van der Waals surface area contributed by atoms with Gasteiger partial charge in [0.05, 0.1) is 10.6 Å². The van der Waals surface area contributed by atoms with E-state index in [0.29, 0.717) is 16.5 Å². The SMILES string of the molecule is CC(C)c1ccc(N(C)S(=O)(=O)c2ccc3ccccc3c2)cc1. The predicted molar refractivity (Wildman–Crippen MR) is 100 cm³/mol. The quantitative estimate of drug-likeness (QED) is 0.685. The van der Waals surface area contributed by atoms with Crippen molar-refractivity contribution in [3.63, 3.8) is 0 Å². The van der Waals surface area contributed by atoms with Gasteiger partial charge in [-0.05, 0) is 46.5 Å². The third-order valence-electron chi connectivity index (χ3n) is 4.30. The highest BCUT2D eigenvalue weighted by molar-refractivity contribution is 7.92. The molecule has 0 aliphatic rings. The van der Waals surface area contributed by atoms with Crippen molar-refractivity contribution >= 4 is 26.5 Å². The van der Waals surface area contributed by atoms with Crippen LogP contribution < -0.4 is 4.31 Å². The lowest BCUT2D eigenvalue weighted by atomic mass is 10.0. The highest BCUT2D eigenvalue weighted by atomic mass is 32.2. The van der Waals surface area contributed by atoms with Crippen LogP contribution in [0.5, 0.6) is 0 Å². The van der Waals surface area contributed by atoms with Gasteiger partial charge in [-0.1, -0.05) is 56.3 Å². The fraction of sp³-hybridized carbons (Fsp3) is 0.200. The standard InChI is InChI=1S/C20H21NO2S/c1-15(2)16-8-11-19(12-9-16)21(3)24(22,23)20-13-10-17-6-4-5-7-18(17)14-20/h4-15H,1-3H3. The Morgan fingerprint density at radius 2 is 1.46 bits per heavy atom. The van der Waals surface area contributed by atoms with E-state index in [-0.39, 0.29) is 0 Å². The Morgan fingerprint density at radius 1 is 0.833 bits per heavy atom. The molecule has 0 saturated carbocycles. The molecule has 0 fully saturated rings. The molecule has 4 heteroatoms. The summed E-state index contributed by atoms with van der Waals surface area (Å²) in [6.45, 7) is 4.23. The lowest BCUT2D eigenvalue weighted by Gasteiger charge is -2.20. The highest BCUT2D eigenvalue weighted by Crippen LogP contribution is 2.26. The summed E-state index contributed by atoms with van der Waals surface area (Å²) in [5.74, 6) is 0.418. The van der Waals surface area contributed by atoms with Gasteiger partial charge in [0.15, 0.2) is 0 Å². The number of benzene rings is 3. The fourth-order valence-corrected chi connectivity index (χ4v) is 3.93. The maximum Gasteiger partial charge on any atom is 0.264 e. The van der Waals surface area contributed by atoms with E-state index in [4.69, 9.17) is 0 Å². The van der Waals surface area contributed by atoms with Gasteiger partial charge in [-0.25, -0.2) is 8.42 Å². The maximum atomic E-state index is 12.9. The molecular formula is C20H21NO2S. The van der Waals surface area contributed by atoms with Crippen LogP contribution in [0.2, 0.25) is 0 Å². The zero-order chi connectivity index (χ0) is 17.3. The van der Waals surface area contributed by atoms with E-state index in [0.717, 1.165) is 10.8 Å². The van der Waals surface area contributed by atoms with Crippen LogP contribution in [0.25, 0.3) is 10.8 Å². The molecule has 3 aromatic rings. The van der Waals surface area contributed by atoms with Gasteiger partial charge in [-0.2, -0.15) is 0 Å². The first-order valence-electron chi connectivity index (χ1n) is 7.97. The normalized spacial score (nSPS) is 11.8. The summed E-state index contributed by atoms with van der Waals surface area (Å²) in [5.41, 5.74) is 1.85. The molecule has 0 N–H and O–H groups in total. The lowest BCUT2D eigenvalue weighted by molar-refractivity contribution is 0.594. The van der Waals surface area contributed by atoms with E-state index in [1.54, 1.807) is 19.2 Å². The molecule has 0 spiro atoms. The van der Waals surface area contributed by atoms with Gasteiger partial charge in [0, 0.05) is 7.05 Å². The molecule has 3 aromatic carbocycles. The molecule has 0 bridgehead atoms. The monoisotopic (exact) mass is 339 g/mol. The van der Waals surface area contributed by atoms with Crippen LogP contribution in [0.15, 0.2) is 71.6 Å². The molecule has 0 aromatic heterocycles. The topological polar surface area (TPSA) is 37.4 Å². The van der Waals surface area contributed by atoms with E-state index in [1.807, 2.05) is 54.6 Å². The minimum Gasteiger partial charge on any atom is -0.269 e. The molecule has 0 saturated heterocycles. The zero-order valence-corrected chi connectivity index (χ0v) is 14.9. The number of hydrogen-bond donors (Lipinski definition) is 0. The average Bonchev–Trinajstić information content (AvgIpc) is 2.60. The number of fused-ring (bicyclic) bond motifs is 1. The van der Waals surface area contributed by atoms with Gasteiger partial charge in [0.1, 0.15) is 0 Å². The van der Waals surface area contributed by atoms with E-state index in [1.165, 1.54) is 9.87 Å². The van der Waals surface area contributed by atoms with Gasteiger partial charge >= 0.3 is 0 Å². The summed E-state index contributed by atoms with van der Waals surface area (Å²) in [6.07, 6.45) is 0. The van der Waals surface area contributed by atoms with Crippen molar-refractivity contribution in [1.29, 1.82) is 0 Å². The van der Waals surface area contributed by atoms with Crippen LogP contribution in [0, 0.1) is 0 Å². The largest absolute Gasteiger partial charge is 0.269 e. The Kier molecular flexibility index (Phi) is 4.33. The first-order chi connectivity index (χ1) is 11.4. The first kappa shape index (κ1) is 16.5. The van der Waals surface area contributed by atoms with Crippen molar-refractivity contribution in [1.82, 2.24) is 0 Å². The Morgan fingerprint density at radius 3 is 2.08 bits per heavy atom. The van der Waals surface area contributed by atoms with Crippen LogP contribution in [0.3, 0.4) is 0 Å². The summed E-state index contributed by atoms with van der Waals surface area (Å²) in [4.78, 5) is 0.302. The number of nitrogens with zero attached hydrogens (tertiary/aromatic N) is 1. The highest BCUT2D eigenvalue weighted by Gasteiger charge is 2.21. The second kappa shape index (κ2) is 6.29. The Balaban J connectivity index is 1.98. The number of rotatable bonds is 4. The summed E-state index contributed by atoms with van der Waals surface area (Å²) in [5, 5.41) is 1.95. The average molecular weight is 339 g/mol. The molecule has 3 nitrogen and oxygen atoms in total. The summed E-state index contributed by atoms with van der Waals surface area (Å²) in [6, 6.07) is 20.6. The maximum absolute atomic E-state index is 12.9. The molecule has 24 heavy (non-hydrogen) atoms. The molecular weight excluding hydrogens is 318 g/mol. The molecule has 0 radical (unpaired) electrons. The molecule has 0 heterocycles. The Bertz CT molecular complexity index is 960. The van der Waals surface area contributed by atoms with Crippen LogP contribution in [-0.4, -0.2) is 15.5 Å². The predicted octanol–water partition coefficient (Wildman–Crippen LogP) is 4.79. The second-order valence-corrected chi connectivity index (χ2v) is 8.20.